The lowest BCUT2D eigenvalue weighted by Crippen LogP contribution is -2.46. The summed E-state index contributed by atoms with van der Waals surface area (Å²) in [6.45, 7) is 3.51. The topological polar surface area (TPSA) is 38.5 Å². The summed E-state index contributed by atoms with van der Waals surface area (Å²) in [5, 5.41) is 0. The lowest BCUT2D eigenvalue weighted by atomic mass is 10.2. The molecule has 0 aliphatic carbocycles. The molecule has 1 aromatic carbocycles. The van der Waals surface area contributed by atoms with Crippen LogP contribution in [0.3, 0.4) is 0 Å². The Morgan fingerprint density at radius 1 is 1.24 bits per heavy atom. The molecule has 5 heteroatoms. The zero-order valence-corrected chi connectivity index (χ0v) is 12.6. The van der Waals surface area contributed by atoms with Gasteiger partial charge in [0.15, 0.2) is 12.7 Å². The van der Waals surface area contributed by atoms with E-state index in [1.54, 1.807) is 0 Å². The average molecular weight is 290 g/mol. The van der Waals surface area contributed by atoms with Crippen LogP contribution in [-0.2, 0) is 14.3 Å². The summed E-state index contributed by atoms with van der Waals surface area (Å²) in [5.74, 6) is -0.241. The van der Waals surface area contributed by atoms with Crippen molar-refractivity contribution in [2.45, 2.75) is 6.92 Å². The second kappa shape index (κ2) is 7.15. The second-order valence-electron chi connectivity index (χ2n) is 4.92. The Labute approximate surface area is 125 Å². The minimum Gasteiger partial charge on any atom is -0.459 e. The van der Waals surface area contributed by atoms with Crippen LogP contribution in [0.5, 0.6) is 0 Å². The van der Waals surface area contributed by atoms with Gasteiger partial charge < -0.3 is 9.47 Å². The van der Waals surface area contributed by atoms with Crippen molar-refractivity contribution in [1.29, 1.82) is 0 Å². The van der Waals surface area contributed by atoms with E-state index >= 15 is 0 Å². The van der Waals surface area contributed by atoms with Crippen molar-refractivity contribution < 1.29 is 18.8 Å². The second-order valence-corrected chi connectivity index (χ2v) is 4.92. The van der Waals surface area contributed by atoms with Crippen molar-refractivity contribution in [3.63, 3.8) is 0 Å². The van der Waals surface area contributed by atoms with E-state index in [-0.39, 0.29) is 12.5 Å². The molecule has 0 saturated heterocycles. The number of para-hydroxylation sites is 1. The van der Waals surface area contributed by atoms with Crippen LogP contribution in [0.2, 0.25) is 0 Å². The summed E-state index contributed by atoms with van der Waals surface area (Å²) >= 11 is 0. The van der Waals surface area contributed by atoms with Gasteiger partial charge in [0.25, 0.3) is 0 Å². The highest BCUT2D eigenvalue weighted by Crippen LogP contribution is 2.24. The highest BCUT2D eigenvalue weighted by atomic mass is 16.6. The first-order valence-corrected chi connectivity index (χ1v) is 7.10. The molecule has 0 spiro atoms. The number of quaternary nitrogens is 1. The standard InChI is InChI=1S/C16H22N2O3/c1-3-20-11-12-21-16(19)13-18(10-9-17(2)14-18)15-7-5-4-6-8-15/h4-10,14H,3,11-13H2,1-2H3/q+2/t18-/m1/s1. The molecule has 1 aliphatic heterocycles. The van der Waals surface area contributed by atoms with Gasteiger partial charge in [0.1, 0.15) is 19.3 Å². The number of carbonyl (C=O) groups is 1. The van der Waals surface area contributed by atoms with Gasteiger partial charge in [0.2, 0.25) is 6.20 Å². The molecule has 0 amide bonds. The zero-order chi connectivity index (χ0) is 15.1. The molecular weight excluding hydrogens is 268 g/mol. The molecule has 1 heterocycles. The highest BCUT2D eigenvalue weighted by Gasteiger charge is 2.38. The number of benzene rings is 1. The molecule has 0 aromatic heterocycles. The number of hydrogen-bond donors (Lipinski definition) is 0. The number of ether oxygens (including phenoxy) is 2. The molecule has 112 valence electrons. The number of esters is 1. The third-order valence-electron chi connectivity index (χ3n) is 3.28. The predicted molar refractivity (Wildman–Crippen MR) is 81.9 cm³/mol. The minimum absolute atomic E-state index is 0.233. The van der Waals surface area contributed by atoms with Crippen LogP contribution < -0.4 is 4.48 Å². The van der Waals surface area contributed by atoms with E-state index in [4.69, 9.17) is 9.47 Å². The molecular formula is C16H22N2O3+2. The smallest absolute Gasteiger partial charge is 0.363 e. The molecule has 0 fully saturated rings. The van der Waals surface area contributed by atoms with Crippen molar-refractivity contribution in [3.05, 3.63) is 42.7 Å². The SMILES string of the molecule is CCOCCOC(=O)C[N@+]1(c2ccccc2)C=C[N+](C)=C1. The van der Waals surface area contributed by atoms with Crippen LogP contribution in [0.1, 0.15) is 6.92 Å². The molecule has 1 atom stereocenters. The third-order valence-corrected chi connectivity index (χ3v) is 3.28. The van der Waals surface area contributed by atoms with Crippen LogP contribution in [0.4, 0.5) is 5.69 Å². The Hall–Kier alpha value is -1.98. The van der Waals surface area contributed by atoms with Crippen LogP contribution in [0, 0.1) is 0 Å². The van der Waals surface area contributed by atoms with Gasteiger partial charge in [0.05, 0.1) is 6.61 Å². The fourth-order valence-corrected chi connectivity index (χ4v) is 2.29. The van der Waals surface area contributed by atoms with Gasteiger partial charge in [-0.25, -0.2) is 4.79 Å². The summed E-state index contributed by atoms with van der Waals surface area (Å²) in [5.41, 5.74) is 1.03. The summed E-state index contributed by atoms with van der Waals surface area (Å²) < 4.78 is 12.7. The monoisotopic (exact) mass is 290 g/mol. The zero-order valence-electron chi connectivity index (χ0n) is 12.6. The Morgan fingerprint density at radius 2 is 2.00 bits per heavy atom. The minimum atomic E-state index is -0.241. The number of rotatable bonds is 7. The maximum absolute atomic E-state index is 12.1. The first-order valence-electron chi connectivity index (χ1n) is 7.10. The van der Waals surface area contributed by atoms with Gasteiger partial charge in [0, 0.05) is 18.7 Å². The average Bonchev–Trinajstić information content (AvgIpc) is 2.87. The normalized spacial score (nSPS) is 20.4. The Morgan fingerprint density at radius 3 is 2.62 bits per heavy atom. The van der Waals surface area contributed by atoms with Crippen molar-refractivity contribution in [2.24, 2.45) is 0 Å². The van der Waals surface area contributed by atoms with Gasteiger partial charge in [-0.2, -0.15) is 9.06 Å². The molecule has 1 aliphatic rings. The van der Waals surface area contributed by atoms with E-state index in [2.05, 4.69) is 0 Å². The fraction of sp³-hybridized carbons (Fsp3) is 0.375. The summed E-state index contributed by atoms with van der Waals surface area (Å²) in [4.78, 5) is 12.1. The van der Waals surface area contributed by atoms with E-state index in [0.29, 0.717) is 24.3 Å². The maximum atomic E-state index is 12.1. The van der Waals surface area contributed by atoms with Crippen molar-refractivity contribution in [1.82, 2.24) is 4.48 Å². The predicted octanol–water partition coefficient (Wildman–Crippen LogP) is 1.73. The van der Waals surface area contributed by atoms with Gasteiger partial charge in [-0.1, -0.05) is 18.2 Å². The van der Waals surface area contributed by atoms with Crippen LogP contribution in [0.15, 0.2) is 42.7 Å². The van der Waals surface area contributed by atoms with E-state index in [9.17, 15) is 4.79 Å². The molecule has 5 nitrogen and oxygen atoms in total. The van der Waals surface area contributed by atoms with Gasteiger partial charge in [-0.05, 0) is 6.92 Å². The van der Waals surface area contributed by atoms with Crippen molar-refractivity contribution in [2.75, 3.05) is 33.4 Å². The number of hydrogen-bond acceptors (Lipinski definition) is 3. The lowest BCUT2D eigenvalue weighted by molar-refractivity contribution is -0.415. The lowest BCUT2D eigenvalue weighted by Gasteiger charge is -2.22. The van der Waals surface area contributed by atoms with E-state index in [1.807, 2.05) is 67.6 Å². The maximum Gasteiger partial charge on any atom is 0.363 e. The first-order chi connectivity index (χ1) is 10.2. The molecule has 0 radical (unpaired) electrons. The van der Waals surface area contributed by atoms with Crippen LogP contribution >= 0.6 is 0 Å². The van der Waals surface area contributed by atoms with E-state index in [1.165, 1.54) is 0 Å². The van der Waals surface area contributed by atoms with Gasteiger partial charge in [-0.3, -0.25) is 0 Å². The Kier molecular flexibility index (Phi) is 5.25. The third kappa shape index (κ3) is 4.00. The molecule has 1 aromatic rings. The van der Waals surface area contributed by atoms with Crippen molar-refractivity contribution in [3.8, 4) is 0 Å². The van der Waals surface area contributed by atoms with Gasteiger partial charge in [-0.15, -0.1) is 0 Å². The molecule has 2 rings (SSSR count). The summed E-state index contributed by atoms with van der Waals surface area (Å²) in [7, 11) is 1.94. The summed E-state index contributed by atoms with van der Waals surface area (Å²) in [6, 6.07) is 9.91. The molecule has 0 N–H and O–H groups in total. The molecule has 0 saturated carbocycles. The molecule has 0 unspecified atom stereocenters. The Bertz CT molecular complexity index is 540. The number of nitrogens with zero attached hydrogens (tertiary/aromatic N) is 2. The number of carbonyl (C=O) groups excluding carboxylic acids is 1. The van der Waals surface area contributed by atoms with Crippen LogP contribution in [-0.4, -0.2) is 50.3 Å². The van der Waals surface area contributed by atoms with Crippen LogP contribution in [0.25, 0.3) is 0 Å². The quantitative estimate of drug-likeness (QED) is 0.332. The Balaban J connectivity index is 2.06. The van der Waals surface area contributed by atoms with Crippen molar-refractivity contribution >= 4 is 18.0 Å². The van der Waals surface area contributed by atoms with Gasteiger partial charge >= 0.3 is 12.3 Å². The fourth-order valence-electron chi connectivity index (χ4n) is 2.29. The highest BCUT2D eigenvalue weighted by molar-refractivity contribution is 5.84. The molecule has 21 heavy (non-hydrogen) atoms. The largest absolute Gasteiger partial charge is 0.459 e. The van der Waals surface area contributed by atoms with E-state index in [0.717, 1.165) is 5.69 Å². The first kappa shape index (κ1) is 15.4. The summed E-state index contributed by atoms with van der Waals surface area (Å²) in [6.07, 6.45) is 5.92. The molecule has 0 bridgehead atoms. The van der Waals surface area contributed by atoms with E-state index < -0.39 is 0 Å².